The highest BCUT2D eigenvalue weighted by Crippen LogP contribution is 2.40. The normalized spacial score (nSPS) is 22.7. The van der Waals surface area contributed by atoms with Crippen molar-refractivity contribution in [1.29, 1.82) is 0 Å². The topological polar surface area (TPSA) is 120 Å². The van der Waals surface area contributed by atoms with Crippen LogP contribution in [0, 0.1) is 0 Å². The number of imidazole rings is 1. The molecule has 2 aliphatic heterocycles. The van der Waals surface area contributed by atoms with E-state index in [4.69, 9.17) is 37.4 Å². The van der Waals surface area contributed by atoms with Crippen LogP contribution in [0.5, 0.6) is 5.75 Å². The van der Waals surface area contributed by atoms with E-state index in [2.05, 4.69) is 4.98 Å². The van der Waals surface area contributed by atoms with Gasteiger partial charge < -0.3 is 18.8 Å². The molecule has 0 bridgehead atoms. The van der Waals surface area contributed by atoms with Crippen molar-refractivity contribution >= 4 is 43.2 Å². The van der Waals surface area contributed by atoms with E-state index < -0.39 is 31.9 Å². The van der Waals surface area contributed by atoms with Crippen LogP contribution < -0.4 is 4.74 Å². The Morgan fingerprint density at radius 1 is 1.02 bits per heavy atom. The summed E-state index contributed by atoms with van der Waals surface area (Å²) in [6.45, 7) is 1.32. The van der Waals surface area contributed by atoms with Crippen molar-refractivity contribution in [3.8, 4) is 5.75 Å². The SMILES string of the molecule is CS(=O)(=O)N1CCN(S(=O)(=O)Cc2ccc(OC[C@@H]3CO[C@@](Cn4ccnc4)(c4ccc(Cl)cc4Cl)O3)cc2)CC1. The van der Waals surface area contributed by atoms with Crippen LogP contribution in [0.2, 0.25) is 10.0 Å². The third kappa shape index (κ3) is 7.23. The number of hydrogen-bond acceptors (Lipinski definition) is 8. The van der Waals surface area contributed by atoms with E-state index in [-0.39, 0.29) is 45.1 Å². The number of nitrogens with zero attached hydrogens (tertiary/aromatic N) is 4. The van der Waals surface area contributed by atoms with Crippen LogP contribution in [-0.2, 0) is 47.6 Å². The van der Waals surface area contributed by atoms with Crippen molar-refractivity contribution in [2.24, 2.45) is 0 Å². The molecule has 1 aromatic heterocycles. The van der Waals surface area contributed by atoms with Crippen molar-refractivity contribution in [3.05, 3.63) is 82.4 Å². The lowest BCUT2D eigenvalue weighted by Gasteiger charge is -2.32. The monoisotopic (exact) mass is 644 g/mol. The fourth-order valence-corrected chi connectivity index (χ4v) is 7.72. The number of halogens is 2. The molecule has 0 saturated carbocycles. The molecule has 41 heavy (non-hydrogen) atoms. The molecule has 0 spiro atoms. The van der Waals surface area contributed by atoms with Crippen LogP contribution in [0.15, 0.2) is 61.2 Å². The van der Waals surface area contributed by atoms with E-state index in [1.807, 2.05) is 4.57 Å². The summed E-state index contributed by atoms with van der Waals surface area (Å²) in [5.41, 5.74) is 1.24. The van der Waals surface area contributed by atoms with E-state index in [0.717, 1.165) is 6.26 Å². The highest BCUT2D eigenvalue weighted by molar-refractivity contribution is 7.88. The molecule has 2 saturated heterocycles. The Labute approximate surface area is 249 Å². The lowest BCUT2D eigenvalue weighted by molar-refractivity contribution is -0.189. The number of hydrogen-bond donors (Lipinski definition) is 0. The molecule has 2 atom stereocenters. The van der Waals surface area contributed by atoms with Gasteiger partial charge in [-0.05, 0) is 29.8 Å². The fourth-order valence-electron chi connectivity index (χ4n) is 4.83. The lowest BCUT2D eigenvalue weighted by atomic mass is 10.1. The van der Waals surface area contributed by atoms with Crippen LogP contribution in [0.1, 0.15) is 11.1 Å². The number of benzene rings is 2. The van der Waals surface area contributed by atoms with Gasteiger partial charge in [0, 0.05) is 49.2 Å². The first-order valence-electron chi connectivity index (χ1n) is 12.8. The van der Waals surface area contributed by atoms with Crippen LogP contribution >= 0.6 is 23.2 Å². The molecule has 3 heterocycles. The number of rotatable bonds is 10. The number of ether oxygens (including phenoxy) is 3. The summed E-state index contributed by atoms with van der Waals surface area (Å²) in [6.07, 6.45) is 5.86. The molecule has 0 amide bonds. The summed E-state index contributed by atoms with van der Waals surface area (Å²) in [5, 5.41) is 0.919. The molecular formula is C26H30Cl2N4O7S2. The number of sulfonamides is 2. The van der Waals surface area contributed by atoms with Gasteiger partial charge in [0.25, 0.3) is 0 Å². The smallest absolute Gasteiger partial charge is 0.218 e. The first kappa shape index (κ1) is 30.2. The maximum atomic E-state index is 12.9. The summed E-state index contributed by atoms with van der Waals surface area (Å²) in [5.74, 6) is -0.806. The molecule has 0 unspecified atom stereocenters. The predicted octanol–water partition coefficient (Wildman–Crippen LogP) is 2.94. The molecule has 3 aromatic rings. The van der Waals surface area contributed by atoms with Gasteiger partial charge in [0.2, 0.25) is 25.8 Å². The van der Waals surface area contributed by atoms with Crippen molar-refractivity contribution in [3.63, 3.8) is 0 Å². The first-order valence-corrected chi connectivity index (χ1v) is 17.0. The third-order valence-electron chi connectivity index (χ3n) is 6.92. The Morgan fingerprint density at radius 3 is 2.37 bits per heavy atom. The minimum atomic E-state index is -3.60. The minimum absolute atomic E-state index is 0.129. The van der Waals surface area contributed by atoms with Crippen molar-refractivity contribution in [2.75, 3.05) is 45.6 Å². The Bertz CT molecular complexity index is 1560. The molecule has 15 heteroatoms. The third-order valence-corrected chi connectivity index (χ3v) is 10.6. The van der Waals surface area contributed by atoms with Crippen molar-refractivity contribution < 1.29 is 31.0 Å². The molecule has 5 rings (SSSR count). The van der Waals surface area contributed by atoms with Gasteiger partial charge in [-0.2, -0.15) is 8.61 Å². The molecule has 11 nitrogen and oxygen atoms in total. The molecule has 2 fully saturated rings. The van der Waals surface area contributed by atoms with E-state index >= 15 is 0 Å². The van der Waals surface area contributed by atoms with Gasteiger partial charge in [-0.1, -0.05) is 41.4 Å². The first-order chi connectivity index (χ1) is 19.4. The number of piperazine rings is 1. The second-order valence-electron chi connectivity index (χ2n) is 9.94. The highest BCUT2D eigenvalue weighted by atomic mass is 35.5. The largest absolute Gasteiger partial charge is 0.491 e. The van der Waals surface area contributed by atoms with Gasteiger partial charge in [0.05, 0.1) is 36.5 Å². The van der Waals surface area contributed by atoms with Crippen molar-refractivity contribution in [2.45, 2.75) is 24.2 Å². The molecule has 0 aliphatic carbocycles. The predicted molar refractivity (Wildman–Crippen MR) is 154 cm³/mol. The van der Waals surface area contributed by atoms with E-state index in [1.54, 1.807) is 61.2 Å². The average molecular weight is 646 g/mol. The van der Waals surface area contributed by atoms with Crippen LogP contribution in [-0.4, -0.2) is 86.7 Å². The highest BCUT2D eigenvalue weighted by Gasteiger charge is 2.45. The summed E-state index contributed by atoms with van der Waals surface area (Å²) >= 11 is 12.6. The lowest BCUT2D eigenvalue weighted by Crippen LogP contribution is -2.50. The van der Waals surface area contributed by atoms with Gasteiger partial charge in [-0.15, -0.1) is 0 Å². The van der Waals surface area contributed by atoms with Crippen LogP contribution in [0.4, 0.5) is 0 Å². The van der Waals surface area contributed by atoms with E-state index in [0.29, 0.717) is 33.5 Å². The quantitative estimate of drug-likeness (QED) is 0.330. The molecule has 2 aromatic carbocycles. The van der Waals surface area contributed by atoms with Gasteiger partial charge in [0.1, 0.15) is 18.5 Å². The van der Waals surface area contributed by atoms with Gasteiger partial charge >= 0.3 is 0 Å². The summed E-state index contributed by atoms with van der Waals surface area (Å²) in [6, 6.07) is 12.0. The molecular weight excluding hydrogens is 615 g/mol. The zero-order valence-electron chi connectivity index (χ0n) is 22.2. The van der Waals surface area contributed by atoms with Crippen LogP contribution in [0.3, 0.4) is 0 Å². The fraction of sp³-hybridized carbons (Fsp3) is 0.423. The second kappa shape index (κ2) is 12.2. The zero-order valence-corrected chi connectivity index (χ0v) is 25.4. The maximum absolute atomic E-state index is 12.9. The standard InChI is InChI=1S/C26H30Cl2N4O7S2/c1-40(33,34)31-10-12-32(13-11-31)41(35,36)17-20-2-5-22(6-3-20)37-15-23-16-38-26(39-23,18-30-9-8-29-19-30)24-7-4-21(27)14-25(24)28/h2-9,14,19,23H,10-13,15-18H2,1H3/t23-,26-/m1/s1. The van der Waals surface area contributed by atoms with Crippen LogP contribution in [0.25, 0.3) is 0 Å². The Balaban J connectivity index is 1.19. The maximum Gasteiger partial charge on any atom is 0.218 e. The van der Waals surface area contributed by atoms with Gasteiger partial charge in [-0.25, -0.2) is 21.8 Å². The zero-order chi connectivity index (χ0) is 29.3. The summed E-state index contributed by atoms with van der Waals surface area (Å²) in [4.78, 5) is 4.10. The Morgan fingerprint density at radius 2 is 1.73 bits per heavy atom. The molecule has 0 N–H and O–H groups in total. The number of aromatic nitrogens is 2. The molecule has 222 valence electrons. The van der Waals surface area contributed by atoms with E-state index in [9.17, 15) is 16.8 Å². The Kier molecular flexibility index (Phi) is 8.98. The van der Waals surface area contributed by atoms with Crippen molar-refractivity contribution in [1.82, 2.24) is 18.2 Å². The summed E-state index contributed by atoms with van der Waals surface area (Å²) in [7, 11) is -6.94. The van der Waals surface area contributed by atoms with Gasteiger partial charge in [0.15, 0.2) is 0 Å². The Hall–Kier alpha value is -2.23. The average Bonchev–Trinajstić information content (AvgIpc) is 3.58. The molecule has 0 radical (unpaired) electrons. The summed E-state index contributed by atoms with van der Waals surface area (Å²) < 4.78 is 72.2. The minimum Gasteiger partial charge on any atom is -0.491 e. The molecule has 2 aliphatic rings. The van der Waals surface area contributed by atoms with E-state index in [1.165, 1.54) is 8.61 Å². The van der Waals surface area contributed by atoms with Gasteiger partial charge in [-0.3, -0.25) is 0 Å². The second-order valence-corrected chi connectivity index (χ2v) is 14.7.